The highest BCUT2D eigenvalue weighted by Crippen LogP contribution is 2.01. The predicted molar refractivity (Wildman–Crippen MR) is 73.0 cm³/mol. The number of rotatable bonds is 4. The molecule has 1 aliphatic rings. The Labute approximate surface area is 117 Å². The molecule has 7 heteroatoms. The van der Waals surface area contributed by atoms with E-state index in [9.17, 15) is 9.59 Å². The first-order chi connectivity index (χ1) is 9.65. The molecule has 1 fully saturated rings. The molecule has 0 aromatic carbocycles. The summed E-state index contributed by atoms with van der Waals surface area (Å²) in [6, 6.07) is 3.28. The second kappa shape index (κ2) is 7.06. The number of amides is 3. The summed E-state index contributed by atoms with van der Waals surface area (Å²) in [7, 11) is 0. The maximum atomic E-state index is 11.8. The van der Waals surface area contributed by atoms with Gasteiger partial charge in [-0.3, -0.25) is 15.0 Å². The second-order valence-electron chi connectivity index (χ2n) is 4.83. The minimum Gasteiger partial charge on any atom is -0.467 e. The molecule has 2 heterocycles. The maximum Gasteiger partial charge on any atom is 0.321 e. The number of carbonyl (C=O) groups is 2. The third-order valence-corrected chi connectivity index (χ3v) is 3.24. The molecular weight excluding hydrogens is 260 g/mol. The standard InChI is InChI=1S/C13H20N4O3/c1-10-7-14-4-5-17(10)9-12(18)16-13(19)15-8-11-3-2-6-20-11/h2-3,6,10,14H,4-5,7-9H2,1H3,(H2,15,16,18,19)/t10-/m0/s1. The van der Waals surface area contributed by atoms with Gasteiger partial charge < -0.3 is 15.1 Å². The molecular formula is C13H20N4O3. The molecule has 2 rings (SSSR count). The highest BCUT2D eigenvalue weighted by Gasteiger charge is 2.20. The Balaban J connectivity index is 1.69. The molecule has 3 N–H and O–H groups in total. The summed E-state index contributed by atoms with van der Waals surface area (Å²) in [5.74, 6) is 0.346. The van der Waals surface area contributed by atoms with Crippen molar-refractivity contribution in [2.24, 2.45) is 0 Å². The van der Waals surface area contributed by atoms with E-state index in [1.807, 2.05) is 4.90 Å². The number of imide groups is 1. The molecule has 1 aromatic rings. The first-order valence-electron chi connectivity index (χ1n) is 6.70. The zero-order chi connectivity index (χ0) is 14.4. The van der Waals surface area contributed by atoms with E-state index in [0.29, 0.717) is 11.8 Å². The van der Waals surface area contributed by atoms with E-state index in [1.165, 1.54) is 6.26 Å². The summed E-state index contributed by atoms with van der Waals surface area (Å²) >= 11 is 0. The molecule has 1 aromatic heterocycles. The molecule has 1 atom stereocenters. The molecule has 0 aliphatic carbocycles. The highest BCUT2D eigenvalue weighted by atomic mass is 16.3. The molecule has 20 heavy (non-hydrogen) atoms. The number of nitrogens with zero attached hydrogens (tertiary/aromatic N) is 1. The van der Waals surface area contributed by atoms with Crippen LogP contribution < -0.4 is 16.0 Å². The van der Waals surface area contributed by atoms with Gasteiger partial charge in [0.1, 0.15) is 5.76 Å². The van der Waals surface area contributed by atoms with Gasteiger partial charge in [0, 0.05) is 25.7 Å². The number of carbonyl (C=O) groups excluding carboxylic acids is 2. The fraction of sp³-hybridized carbons (Fsp3) is 0.538. The van der Waals surface area contributed by atoms with Gasteiger partial charge in [-0.15, -0.1) is 0 Å². The van der Waals surface area contributed by atoms with Gasteiger partial charge in [-0.2, -0.15) is 0 Å². The monoisotopic (exact) mass is 280 g/mol. The van der Waals surface area contributed by atoms with E-state index >= 15 is 0 Å². The first-order valence-corrected chi connectivity index (χ1v) is 6.70. The lowest BCUT2D eigenvalue weighted by molar-refractivity contribution is -0.121. The average Bonchev–Trinajstić information content (AvgIpc) is 2.92. The van der Waals surface area contributed by atoms with Crippen LogP contribution in [0.2, 0.25) is 0 Å². The van der Waals surface area contributed by atoms with Crippen molar-refractivity contribution in [2.75, 3.05) is 26.2 Å². The van der Waals surface area contributed by atoms with Crippen molar-refractivity contribution < 1.29 is 14.0 Å². The van der Waals surface area contributed by atoms with Crippen molar-refractivity contribution in [3.8, 4) is 0 Å². The van der Waals surface area contributed by atoms with E-state index in [0.717, 1.165) is 19.6 Å². The summed E-state index contributed by atoms with van der Waals surface area (Å²) in [6.07, 6.45) is 1.53. The lowest BCUT2D eigenvalue weighted by Crippen LogP contribution is -2.53. The van der Waals surface area contributed by atoms with Crippen molar-refractivity contribution in [1.82, 2.24) is 20.9 Å². The van der Waals surface area contributed by atoms with Crippen molar-refractivity contribution >= 4 is 11.9 Å². The number of nitrogens with one attached hydrogen (secondary N) is 3. The molecule has 1 saturated heterocycles. The quantitative estimate of drug-likeness (QED) is 0.717. The number of piperazine rings is 1. The minimum atomic E-state index is -0.505. The van der Waals surface area contributed by atoms with Gasteiger partial charge in [0.25, 0.3) is 0 Å². The van der Waals surface area contributed by atoms with E-state index in [2.05, 4.69) is 22.9 Å². The van der Waals surface area contributed by atoms with Crippen LogP contribution in [-0.4, -0.2) is 49.1 Å². The molecule has 0 unspecified atom stereocenters. The maximum absolute atomic E-state index is 11.8. The number of urea groups is 1. The topological polar surface area (TPSA) is 86.6 Å². The lowest BCUT2D eigenvalue weighted by Gasteiger charge is -2.33. The van der Waals surface area contributed by atoms with Crippen molar-refractivity contribution in [3.05, 3.63) is 24.2 Å². The van der Waals surface area contributed by atoms with Crippen LogP contribution in [-0.2, 0) is 11.3 Å². The van der Waals surface area contributed by atoms with Gasteiger partial charge in [-0.25, -0.2) is 4.79 Å². The molecule has 0 saturated carbocycles. The van der Waals surface area contributed by atoms with E-state index < -0.39 is 6.03 Å². The Hall–Kier alpha value is -1.86. The summed E-state index contributed by atoms with van der Waals surface area (Å²) in [5, 5.41) is 8.14. The first kappa shape index (κ1) is 14.5. The van der Waals surface area contributed by atoms with Crippen LogP contribution >= 0.6 is 0 Å². The number of hydrogen-bond acceptors (Lipinski definition) is 5. The zero-order valence-electron chi connectivity index (χ0n) is 11.5. The van der Waals surface area contributed by atoms with E-state index in [-0.39, 0.29) is 19.0 Å². The Kier molecular flexibility index (Phi) is 5.14. The van der Waals surface area contributed by atoms with E-state index in [1.54, 1.807) is 12.1 Å². The predicted octanol–water partition coefficient (Wildman–Crippen LogP) is -0.101. The molecule has 110 valence electrons. The Morgan fingerprint density at radius 1 is 1.55 bits per heavy atom. The normalized spacial score (nSPS) is 19.6. The number of furan rings is 1. The average molecular weight is 280 g/mol. The van der Waals surface area contributed by atoms with Gasteiger partial charge in [-0.1, -0.05) is 0 Å². The fourth-order valence-corrected chi connectivity index (χ4v) is 2.09. The fourth-order valence-electron chi connectivity index (χ4n) is 2.09. The van der Waals surface area contributed by atoms with Gasteiger partial charge in [0.2, 0.25) is 5.91 Å². The molecule has 0 radical (unpaired) electrons. The van der Waals surface area contributed by atoms with Crippen LogP contribution in [0.25, 0.3) is 0 Å². The smallest absolute Gasteiger partial charge is 0.321 e. The minimum absolute atomic E-state index is 0.233. The highest BCUT2D eigenvalue weighted by molar-refractivity contribution is 5.95. The van der Waals surface area contributed by atoms with Crippen LogP contribution in [0.3, 0.4) is 0 Å². The van der Waals surface area contributed by atoms with Crippen LogP contribution in [0.15, 0.2) is 22.8 Å². The zero-order valence-corrected chi connectivity index (χ0v) is 11.5. The third kappa shape index (κ3) is 4.36. The Bertz CT molecular complexity index is 446. The van der Waals surface area contributed by atoms with Crippen LogP contribution in [0.5, 0.6) is 0 Å². The lowest BCUT2D eigenvalue weighted by atomic mass is 10.2. The van der Waals surface area contributed by atoms with Crippen LogP contribution in [0.4, 0.5) is 4.79 Å². The second-order valence-corrected chi connectivity index (χ2v) is 4.83. The molecule has 7 nitrogen and oxygen atoms in total. The van der Waals surface area contributed by atoms with Crippen LogP contribution in [0.1, 0.15) is 12.7 Å². The van der Waals surface area contributed by atoms with Crippen LogP contribution in [0, 0.1) is 0 Å². The van der Waals surface area contributed by atoms with Gasteiger partial charge >= 0.3 is 6.03 Å². The van der Waals surface area contributed by atoms with Crippen molar-refractivity contribution in [2.45, 2.75) is 19.5 Å². The summed E-state index contributed by atoms with van der Waals surface area (Å²) < 4.78 is 5.08. The molecule has 1 aliphatic heterocycles. The van der Waals surface area contributed by atoms with Crippen molar-refractivity contribution in [1.29, 1.82) is 0 Å². The number of hydrogen-bond donors (Lipinski definition) is 3. The van der Waals surface area contributed by atoms with Gasteiger partial charge in [-0.05, 0) is 19.1 Å². The van der Waals surface area contributed by atoms with E-state index in [4.69, 9.17) is 4.42 Å². The largest absolute Gasteiger partial charge is 0.467 e. The summed E-state index contributed by atoms with van der Waals surface area (Å²) in [4.78, 5) is 25.4. The SMILES string of the molecule is C[C@H]1CNCCN1CC(=O)NC(=O)NCc1ccco1. The molecule has 0 bridgehead atoms. The Morgan fingerprint density at radius 3 is 3.10 bits per heavy atom. The van der Waals surface area contributed by atoms with Gasteiger partial charge in [0.15, 0.2) is 0 Å². The summed E-state index contributed by atoms with van der Waals surface area (Å²) in [5.41, 5.74) is 0. The van der Waals surface area contributed by atoms with Gasteiger partial charge in [0.05, 0.1) is 19.4 Å². The summed E-state index contributed by atoms with van der Waals surface area (Å²) in [6.45, 7) is 5.08. The Morgan fingerprint density at radius 2 is 2.40 bits per heavy atom. The van der Waals surface area contributed by atoms with Crippen molar-refractivity contribution in [3.63, 3.8) is 0 Å². The molecule has 3 amide bonds. The third-order valence-electron chi connectivity index (χ3n) is 3.24. The molecule has 0 spiro atoms.